The van der Waals surface area contributed by atoms with Gasteiger partial charge in [-0.25, -0.2) is 4.98 Å². The van der Waals surface area contributed by atoms with E-state index >= 15 is 0 Å². The Bertz CT molecular complexity index is 540. The molecular formula is C14H17N3O. The van der Waals surface area contributed by atoms with Crippen molar-refractivity contribution in [1.82, 2.24) is 9.97 Å². The molecule has 0 spiro atoms. The van der Waals surface area contributed by atoms with E-state index in [0.717, 1.165) is 30.0 Å². The highest BCUT2D eigenvalue weighted by molar-refractivity contribution is 5.36. The van der Waals surface area contributed by atoms with Gasteiger partial charge in [-0.2, -0.15) is 4.98 Å². The van der Waals surface area contributed by atoms with Crippen molar-refractivity contribution in [2.24, 2.45) is 0 Å². The first-order chi connectivity index (χ1) is 8.67. The Kier molecular flexibility index (Phi) is 3.77. The van der Waals surface area contributed by atoms with E-state index in [1.807, 2.05) is 31.2 Å². The van der Waals surface area contributed by atoms with Crippen molar-refractivity contribution >= 4 is 5.82 Å². The summed E-state index contributed by atoms with van der Waals surface area (Å²) in [4.78, 5) is 8.50. The van der Waals surface area contributed by atoms with Crippen LogP contribution in [0.25, 0.3) is 0 Å². The lowest BCUT2D eigenvalue weighted by molar-refractivity contribution is 0.458. The van der Waals surface area contributed by atoms with Gasteiger partial charge in [0.15, 0.2) is 0 Å². The lowest BCUT2D eigenvalue weighted by Gasteiger charge is -2.07. The smallest absolute Gasteiger partial charge is 0.224 e. The van der Waals surface area contributed by atoms with Crippen LogP contribution in [0.2, 0.25) is 0 Å². The normalized spacial score (nSPS) is 10.3. The molecule has 94 valence electrons. The summed E-state index contributed by atoms with van der Waals surface area (Å²) in [5.74, 6) is 2.42. The minimum atomic E-state index is 0.441. The van der Waals surface area contributed by atoms with Crippen LogP contribution in [0.1, 0.15) is 24.7 Å². The van der Waals surface area contributed by atoms with Crippen LogP contribution in [0.5, 0.6) is 11.6 Å². The Morgan fingerprint density at radius 1 is 1.22 bits per heavy atom. The van der Waals surface area contributed by atoms with Crippen LogP contribution < -0.4 is 10.5 Å². The zero-order valence-corrected chi connectivity index (χ0v) is 10.7. The number of nitrogen functional groups attached to an aromatic ring is 1. The molecule has 1 aromatic carbocycles. The number of nitrogens with zero attached hydrogens (tertiary/aromatic N) is 2. The largest absolute Gasteiger partial charge is 0.439 e. The van der Waals surface area contributed by atoms with Gasteiger partial charge >= 0.3 is 0 Å². The lowest BCUT2D eigenvalue weighted by atomic mass is 10.2. The second-order valence-electron chi connectivity index (χ2n) is 4.22. The van der Waals surface area contributed by atoms with E-state index in [9.17, 15) is 0 Å². The Hall–Kier alpha value is -2.10. The second kappa shape index (κ2) is 5.49. The van der Waals surface area contributed by atoms with E-state index in [1.165, 1.54) is 0 Å². The zero-order chi connectivity index (χ0) is 13.0. The molecule has 0 aliphatic rings. The van der Waals surface area contributed by atoms with E-state index in [-0.39, 0.29) is 0 Å². The third kappa shape index (κ3) is 3.20. The first kappa shape index (κ1) is 12.4. The van der Waals surface area contributed by atoms with Crippen LogP contribution in [-0.2, 0) is 6.42 Å². The predicted octanol–water partition coefficient (Wildman–Crippen LogP) is 3.11. The number of hydrogen-bond donors (Lipinski definition) is 1. The quantitative estimate of drug-likeness (QED) is 0.896. The topological polar surface area (TPSA) is 61.0 Å². The maximum Gasteiger partial charge on any atom is 0.224 e. The van der Waals surface area contributed by atoms with E-state index in [2.05, 4.69) is 16.9 Å². The first-order valence-electron chi connectivity index (χ1n) is 6.05. The van der Waals surface area contributed by atoms with Crippen LogP contribution in [0, 0.1) is 6.92 Å². The maximum atomic E-state index is 5.74. The molecule has 0 atom stereocenters. The molecule has 2 N–H and O–H groups in total. The molecule has 18 heavy (non-hydrogen) atoms. The summed E-state index contributed by atoms with van der Waals surface area (Å²) < 4.78 is 5.70. The third-order valence-corrected chi connectivity index (χ3v) is 2.45. The number of aryl methyl sites for hydroxylation is 2. The Balaban J connectivity index is 2.23. The van der Waals surface area contributed by atoms with Crippen molar-refractivity contribution in [3.8, 4) is 11.6 Å². The summed E-state index contributed by atoms with van der Waals surface area (Å²) in [6.45, 7) is 4.09. The van der Waals surface area contributed by atoms with Crippen LogP contribution in [0.4, 0.5) is 5.82 Å². The number of hydrogen-bond acceptors (Lipinski definition) is 4. The van der Waals surface area contributed by atoms with Crippen LogP contribution in [-0.4, -0.2) is 9.97 Å². The fraction of sp³-hybridized carbons (Fsp3) is 0.286. The van der Waals surface area contributed by atoms with E-state index < -0.39 is 0 Å². The van der Waals surface area contributed by atoms with Crippen LogP contribution in [0.15, 0.2) is 30.3 Å². The lowest BCUT2D eigenvalue weighted by Crippen LogP contribution is -2.01. The zero-order valence-electron chi connectivity index (χ0n) is 10.7. The summed E-state index contributed by atoms with van der Waals surface area (Å²) in [5.41, 5.74) is 6.88. The standard InChI is InChI=1S/C14H17N3O/c1-3-5-13-16-12(15)9-14(17-13)18-11-7-4-6-10(2)8-11/h4,6-9H,3,5H2,1-2H3,(H2,15,16,17). The molecule has 0 saturated carbocycles. The Morgan fingerprint density at radius 2 is 2.06 bits per heavy atom. The fourth-order valence-corrected chi connectivity index (χ4v) is 1.68. The summed E-state index contributed by atoms with van der Waals surface area (Å²) in [6.07, 6.45) is 1.78. The van der Waals surface area contributed by atoms with Gasteiger partial charge in [0.1, 0.15) is 17.4 Å². The van der Waals surface area contributed by atoms with E-state index in [1.54, 1.807) is 6.07 Å². The SMILES string of the molecule is CCCc1nc(N)cc(Oc2cccc(C)c2)n1. The van der Waals surface area contributed by atoms with Gasteiger partial charge in [0.05, 0.1) is 0 Å². The molecule has 0 aliphatic carbocycles. The summed E-state index contributed by atoms with van der Waals surface area (Å²) in [7, 11) is 0. The van der Waals surface area contributed by atoms with Crippen molar-refractivity contribution in [2.45, 2.75) is 26.7 Å². The van der Waals surface area contributed by atoms with Gasteiger partial charge in [-0.15, -0.1) is 0 Å². The van der Waals surface area contributed by atoms with Crippen molar-refractivity contribution in [3.05, 3.63) is 41.7 Å². The molecule has 0 aliphatic heterocycles. The molecule has 0 saturated heterocycles. The van der Waals surface area contributed by atoms with E-state index in [4.69, 9.17) is 10.5 Å². The average molecular weight is 243 g/mol. The number of nitrogens with two attached hydrogens (primary N) is 1. The summed E-state index contributed by atoms with van der Waals surface area (Å²) in [5, 5.41) is 0. The molecule has 1 heterocycles. The number of rotatable bonds is 4. The minimum Gasteiger partial charge on any atom is -0.439 e. The first-order valence-corrected chi connectivity index (χ1v) is 6.05. The van der Waals surface area contributed by atoms with Crippen molar-refractivity contribution in [2.75, 3.05) is 5.73 Å². The molecule has 0 amide bonds. The monoisotopic (exact) mass is 243 g/mol. The van der Waals surface area contributed by atoms with Crippen molar-refractivity contribution in [1.29, 1.82) is 0 Å². The Labute approximate surface area is 107 Å². The molecule has 0 radical (unpaired) electrons. The highest BCUT2D eigenvalue weighted by Gasteiger charge is 2.04. The molecule has 2 aromatic rings. The van der Waals surface area contributed by atoms with Gasteiger partial charge in [0.2, 0.25) is 5.88 Å². The molecule has 2 rings (SSSR count). The van der Waals surface area contributed by atoms with Crippen molar-refractivity contribution in [3.63, 3.8) is 0 Å². The van der Waals surface area contributed by atoms with Gasteiger partial charge in [0, 0.05) is 12.5 Å². The number of benzene rings is 1. The highest BCUT2D eigenvalue weighted by Crippen LogP contribution is 2.21. The van der Waals surface area contributed by atoms with Gasteiger partial charge in [-0.3, -0.25) is 0 Å². The van der Waals surface area contributed by atoms with Gasteiger partial charge in [0.25, 0.3) is 0 Å². The second-order valence-corrected chi connectivity index (χ2v) is 4.22. The fourth-order valence-electron chi connectivity index (χ4n) is 1.68. The van der Waals surface area contributed by atoms with Crippen LogP contribution in [0.3, 0.4) is 0 Å². The summed E-state index contributed by atoms with van der Waals surface area (Å²) in [6, 6.07) is 9.45. The highest BCUT2D eigenvalue weighted by atomic mass is 16.5. The van der Waals surface area contributed by atoms with Gasteiger partial charge < -0.3 is 10.5 Å². The molecule has 4 heteroatoms. The minimum absolute atomic E-state index is 0.441. The van der Waals surface area contributed by atoms with E-state index in [0.29, 0.717) is 11.7 Å². The number of aromatic nitrogens is 2. The average Bonchev–Trinajstić information content (AvgIpc) is 2.28. The molecule has 0 fully saturated rings. The molecular weight excluding hydrogens is 226 g/mol. The Morgan fingerprint density at radius 3 is 2.78 bits per heavy atom. The van der Waals surface area contributed by atoms with Gasteiger partial charge in [-0.1, -0.05) is 19.1 Å². The summed E-state index contributed by atoms with van der Waals surface area (Å²) >= 11 is 0. The predicted molar refractivity (Wildman–Crippen MR) is 71.7 cm³/mol. The maximum absolute atomic E-state index is 5.74. The third-order valence-electron chi connectivity index (χ3n) is 2.45. The van der Waals surface area contributed by atoms with Crippen LogP contribution >= 0.6 is 0 Å². The number of anilines is 1. The van der Waals surface area contributed by atoms with Gasteiger partial charge in [-0.05, 0) is 31.0 Å². The molecule has 4 nitrogen and oxygen atoms in total. The molecule has 1 aromatic heterocycles. The molecule has 0 unspecified atom stereocenters. The number of ether oxygens (including phenoxy) is 1. The molecule has 0 bridgehead atoms. The van der Waals surface area contributed by atoms with Crippen molar-refractivity contribution < 1.29 is 4.74 Å².